The van der Waals surface area contributed by atoms with Crippen LogP contribution in [0.15, 0.2) is 30.3 Å². The summed E-state index contributed by atoms with van der Waals surface area (Å²) in [4.78, 5) is 10.7. The molecule has 0 aliphatic rings. The van der Waals surface area contributed by atoms with Crippen LogP contribution in [0.3, 0.4) is 0 Å². The normalized spacial score (nSPS) is 12.5. The van der Waals surface area contributed by atoms with Crippen molar-refractivity contribution in [3.05, 3.63) is 30.3 Å². The highest BCUT2D eigenvalue weighted by Gasteiger charge is 2.16. The van der Waals surface area contributed by atoms with Gasteiger partial charge >= 0.3 is 5.97 Å². The van der Waals surface area contributed by atoms with E-state index in [4.69, 9.17) is 5.11 Å². The highest BCUT2D eigenvalue weighted by atomic mass is 16.4. The minimum absolute atomic E-state index is 0.0232. The van der Waals surface area contributed by atoms with Gasteiger partial charge in [0.15, 0.2) is 0 Å². The summed E-state index contributed by atoms with van der Waals surface area (Å²) in [6, 6.07) is 9.66. The van der Waals surface area contributed by atoms with Gasteiger partial charge < -0.3 is 10.4 Å². The largest absolute Gasteiger partial charge is 0.481 e. The molecule has 2 N–H and O–H groups in total. The Morgan fingerprint density at radius 2 is 1.93 bits per heavy atom. The van der Waals surface area contributed by atoms with Crippen molar-refractivity contribution >= 4 is 11.7 Å². The molecule has 0 aliphatic carbocycles. The van der Waals surface area contributed by atoms with Crippen molar-refractivity contribution in [1.29, 1.82) is 0 Å². The number of carboxylic acids is 1. The molecule has 15 heavy (non-hydrogen) atoms. The maximum absolute atomic E-state index is 10.7. The zero-order valence-electron chi connectivity index (χ0n) is 9.10. The highest BCUT2D eigenvalue weighted by Crippen LogP contribution is 2.14. The lowest BCUT2D eigenvalue weighted by atomic mass is 10.0. The summed E-state index contributed by atoms with van der Waals surface area (Å²) in [5.74, 6) is -0.474. The van der Waals surface area contributed by atoms with E-state index in [-0.39, 0.29) is 12.5 Å². The van der Waals surface area contributed by atoms with E-state index in [2.05, 4.69) is 5.32 Å². The SMILES string of the molecule is CC(C)C(CC(=O)O)Nc1ccccc1. The molecule has 0 amide bonds. The molecule has 1 unspecified atom stereocenters. The van der Waals surface area contributed by atoms with Crippen LogP contribution >= 0.6 is 0 Å². The van der Waals surface area contributed by atoms with E-state index in [1.807, 2.05) is 44.2 Å². The number of nitrogens with one attached hydrogen (secondary N) is 1. The first-order valence-electron chi connectivity index (χ1n) is 5.13. The molecule has 82 valence electrons. The van der Waals surface area contributed by atoms with Gasteiger partial charge in [0.2, 0.25) is 0 Å². The molecular formula is C12H17NO2. The van der Waals surface area contributed by atoms with Gasteiger partial charge in [0.25, 0.3) is 0 Å². The molecular weight excluding hydrogens is 190 g/mol. The van der Waals surface area contributed by atoms with E-state index in [0.717, 1.165) is 5.69 Å². The standard InChI is InChI=1S/C12H17NO2/c1-9(2)11(8-12(14)15)13-10-6-4-3-5-7-10/h3-7,9,11,13H,8H2,1-2H3,(H,14,15). The van der Waals surface area contributed by atoms with Crippen LogP contribution in [0.5, 0.6) is 0 Å². The third-order valence-corrected chi connectivity index (χ3v) is 2.33. The predicted molar refractivity (Wildman–Crippen MR) is 60.9 cm³/mol. The molecule has 1 atom stereocenters. The molecule has 0 saturated heterocycles. The number of anilines is 1. The molecule has 0 radical (unpaired) electrons. The minimum Gasteiger partial charge on any atom is -0.481 e. The zero-order chi connectivity index (χ0) is 11.3. The quantitative estimate of drug-likeness (QED) is 0.780. The Kier molecular flexibility index (Phi) is 4.16. The van der Waals surface area contributed by atoms with Gasteiger partial charge in [-0.15, -0.1) is 0 Å². The van der Waals surface area contributed by atoms with Crippen LogP contribution in [0.25, 0.3) is 0 Å². The summed E-state index contributed by atoms with van der Waals surface area (Å²) in [7, 11) is 0. The zero-order valence-corrected chi connectivity index (χ0v) is 9.10. The van der Waals surface area contributed by atoms with Crippen molar-refractivity contribution in [2.45, 2.75) is 26.3 Å². The first-order valence-corrected chi connectivity index (χ1v) is 5.13. The van der Waals surface area contributed by atoms with Gasteiger partial charge in [0, 0.05) is 11.7 Å². The molecule has 0 fully saturated rings. The topological polar surface area (TPSA) is 49.3 Å². The van der Waals surface area contributed by atoms with E-state index in [1.54, 1.807) is 0 Å². The predicted octanol–water partition coefficient (Wildman–Crippen LogP) is 2.60. The summed E-state index contributed by atoms with van der Waals surface area (Å²) < 4.78 is 0. The number of para-hydroxylation sites is 1. The Morgan fingerprint density at radius 3 is 2.40 bits per heavy atom. The molecule has 0 spiro atoms. The van der Waals surface area contributed by atoms with Crippen molar-refractivity contribution in [2.24, 2.45) is 5.92 Å². The van der Waals surface area contributed by atoms with Gasteiger partial charge in [0.1, 0.15) is 0 Å². The monoisotopic (exact) mass is 207 g/mol. The third-order valence-electron chi connectivity index (χ3n) is 2.33. The number of hydrogen-bond donors (Lipinski definition) is 2. The Hall–Kier alpha value is -1.51. The molecule has 0 aliphatic heterocycles. The molecule has 0 bridgehead atoms. The number of carbonyl (C=O) groups is 1. The van der Waals surface area contributed by atoms with Gasteiger partial charge in [0.05, 0.1) is 6.42 Å². The van der Waals surface area contributed by atoms with Crippen LogP contribution in [0, 0.1) is 5.92 Å². The van der Waals surface area contributed by atoms with Crippen molar-refractivity contribution in [3.63, 3.8) is 0 Å². The molecule has 0 aromatic heterocycles. The van der Waals surface area contributed by atoms with Gasteiger partial charge in [-0.3, -0.25) is 4.79 Å². The fourth-order valence-electron chi connectivity index (χ4n) is 1.39. The van der Waals surface area contributed by atoms with Crippen LogP contribution in [0.2, 0.25) is 0 Å². The van der Waals surface area contributed by atoms with Gasteiger partial charge in [-0.25, -0.2) is 0 Å². The number of rotatable bonds is 5. The van der Waals surface area contributed by atoms with Crippen LogP contribution in [0.4, 0.5) is 5.69 Å². The Labute approximate surface area is 90.1 Å². The summed E-state index contributed by atoms with van der Waals surface area (Å²) in [5.41, 5.74) is 0.970. The van der Waals surface area contributed by atoms with Crippen LogP contribution in [-0.2, 0) is 4.79 Å². The first kappa shape index (κ1) is 11.6. The molecule has 0 saturated carbocycles. The Bertz CT molecular complexity index is 309. The fraction of sp³-hybridized carbons (Fsp3) is 0.417. The van der Waals surface area contributed by atoms with Crippen molar-refractivity contribution in [1.82, 2.24) is 0 Å². The Morgan fingerprint density at radius 1 is 1.33 bits per heavy atom. The first-order chi connectivity index (χ1) is 7.09. The summed E-state index contributed by atoms with van der Waals surface area (Å²) in [5, 5.41) is 12.0. The van der Waals surface area contributed by atoms with Crippen LogP contribution in [0.1, 0.15) is 20.3 Å². The molecule has 3 heteroatoms. The second-order valence-electron chi connectivity index (χ2n) is 3.96. The van der Waals surface area contributed by atoms with Gasteiger partial charge in [-0.05, 0) is 18.1 Å². The highest BCUT2D eigenvalue weighted by molar-refractivity contribution is 5.68. The third kappa shape index (κ3) is 4.02. The lowest BCUT2D eigenvalue weighted by Gasteiger charge is -2.21. The van der Waals surface area contributed by atoms with E-state index in [1.165, 1.54) is 0 Å². The van der Waals surface area contributed by atoms with Gasteiger partial charge in [-0.2, -0.15) is 0 Å². The molecule has 1 rings (SSSR count). The summed E-state index contributed by atoms with van der Waals surface area (Å²) >= 11 is 0. The summed E-state index contributed by atoms with van der Waals surface area (Å²) in [6.45, 7) is 4.03. The minimum atomic E-state index is -0.767. The van der Waals surface area contributed by atoms with E-state index >= 15 is 0 Å². The maximum atomic E-state index is 10.7. The van der Waals surface area contributed by atoms with Gasteiger partial charge in [-0.1, -0.05) is 32.0 Å². The lowest BCUT2D eigenvalue weighted by molar-refractivity contribution is -0.137. The molecule has 3 nitrogen and oxygen atoms in total. The average Bonchev–Trinajstić information content (AvgIpc) is 2.17. The fourth-order valence-corrected chi connectivity index (χ4v) is 1.39. The molecule has 1 aromatic carbocycles. The maximum Gasteiger partial charge on any atom is 0.305 e. The number of carboxylic acid groups (broad SMARTS) is 1. The molecule has 1 aromatic rings. The van der Waals surface area contributed by atoms with E-state index < -0.39 is 5.97 Å². The van der Waals surface area contributed by atoms with E-state index in [0.29, 0.717) is 5.92 Å². The van der Waals surface area contributed by atoms with Crippen molar-refractivity contribution in [2.75, 3.05) is 5.32 Å². The number of aliphatic carboxylic acids is 1. The van der Waals surface area contributed by atoms with E-state index in [9.17, 15) is 4.79 Å². The Balaban J connectivity index is 2.63. The van der Waals surface area contributed by atoms with Crippen LogP contribution < -0.4 is 5.32 Å². The molecule has 0 heterocycles. The van der Waals surface area contributed by atoms with Crippen molar-refractivity contribution in [3.8, 4) is 0 Å². The number of hydrogen-bond acceptors (Lipinski definition) is 2. The summed E-state index contributed by atoms with van der Waals surface area (Å²) in [6.07, 6.45) is 0.145. The van der Waals surface area contributed by atoms with Crippen LogP contribution in [-0.4, -0.2) is 17.1 Å². The smallest absolute Gasteiger partial charge is 0.305 e. The average molecular weight is 207 g/mol. The number of benzene rings is 1. The van der Waals surface area contributed by atoms with Crippen molar-refractivity contribution < 1.29 is 9.90 Å². The second-order valence-corrected chi connectivity index (χ2v) is 3.96. The lowest BCUT2D eigenvalue weighted by Crippen LogP contribution is -2.28. The second kappa shape index (κ2) is 5.39.